The molecule has 8 aromatic carbocycles. The predicted octanol–water partition coefficient (Wildman–Crippen LogP) is 12.7. The molecule has 0 bridgehead atoms. The van der Waals surface area contributed by atoms with Gasteiger partial charge in [-0.2, -0.15) is 5.26 Å². The molecule has 1 aliphatic rings. The fourth-order valence-electron chi connectivity index (χ4n) is 7.81. The summed E-state index contributed by atoms with van der Waals surface area (Å²) in [6.45, 7) is 0. The molecule has 0 amide bonds. The summed E-state index contributed by atoms with van der Waals surface area (Å²) in [5.41, 5.74) is 6.41. The standard InChI is InChI=1S/C49H28N2O3S/c50-28-38(49(53)54)25-42-15-18-47(55-42)35-11-16-43-44-17-14-41(27-46(44)48(52)45(43)26-35)51(39-12-9-33-19-29-5-1-3-7-31(29)21-36(33)23-39)40-13-10-34-20-30-6-2-4-8-32(30)22-37(34)24-40/h1-27H,(H,53,54)/b38-25+. The summed E-state index contributed by atoms with van der Waals surface area (Å²) >= 11 is 1.37. The number of carbonyl (C=O) groups is 2. The molecule has 258 valence electrons. The maximum atomic E-state index is 14.3. The van der Waals surface area contributed by atoms with Gasteiger partial charge in [0.25, 0.3) is 0 Å². The van der Waals surface area contributed by atoms with E-state index in [4.69, 9.17) is 0 Å². The summed E-state index contributed by atoms with van der Waals surface area (Å²) in [6, 6.07) is 56.3. The van der Waals surface area contributed by atoms with Crippen molar-refractivity contribution in [3.63, 3.8) is 0 Å². The van der Waals surface area contributed by atoms with E-state index in [-0.39, 0.29) is 11.4 Å². The number of rotatable bonds is 6. The molecule has 0 fully saturated rings. The lowest BCUT2D eigenvalue weighted by molar-refractivity contribution is -0.132. The normalized spacial score (nSPS) is 12.3. The Kier molecular flexibility index (Phi) is 7.44. The number of nitrogens with zero attached hydrogens (tertiary/aromatic N) is 2. The lowest BCUT2D eigenvalue weighted by Gasteiger charge is -2.27. The molecule has 0 aliphatic heterocycles. The topological polar surface area (TPSA) is 81.4 Å². The number of aliphatic carboxylic acids is 1. The molecular weight excluding hydrogens is 697 g/mol. The van der Waals surface area contributed by atoms with E-state index in [0.717, 1.165) is 60.2 Å². The van der Waals surface area contributed by atoms with E-state index in [1.165, 1.54) is 39.0 Å². The number of fused-ring (bicyclic) bond motifs is 7. The molecule has 9 aromatic rings. The van der Waals surface area contributed by atoms with Crippen molar-refractivity contribution in [2.24, 2.45) is 0 Å². The van der Waals surface area contributed by atoms with Crippen LogP contribution in [-0.4, -0.2) is 16.9 Å². The van der Waals surface area contributed by atoms with Crippen LogP contribution in [0, 0.1) is 11.3 Å². The highest BCUT2D eigenvalue weighted by atomic mass is 32.1. The number of hydrogen-bond acceptors (Lipinski definition) is 5. The number of nitriles is 1. The first-order valence-corrected chi connectivity index (χ1v) is 18.7. The fourth-order valence-corrected chi connectivity index (χ4v) is 8.76. The molecule has 6 heteroatoms. The monoisotopic (exact) mass is 724 g/mol. The van der Waals surface area contributed by atoms with E-state index in [9.17, 15) is 20.0 Å². The average molecular weight is 725 g/mol. The Morgan fingerprint density at radius 3 is 1.60 bits per heavy atom. The summed E-state index contributed by atoms with van der Waals surface area (Å²) in [5.74, 6) is -1.31. The molecular formula is C49H28N2O3S. The van der Waals surface area contributed by atoms with Crippen molar-refractivity contribution >= 4 is 89.3 Å². The van der Waals surface area contributed by atoms with Crippen LogP contribution in [0.15, 0.2) is 163 Å². The van der Waals surface area contributed by atoms with Crippen molar-refractivity contribution in [2.75, 3.05) is 4.90 Å². The molecule has 0 saturated carbocycles. The highest BCUT2D eigenvalue weighted by molar-refractivity contribution is 7.16. The molecule has 0 spiro atoms. The lowest BCUT2D eigenvalue weighted by Crippen LogP contribution is -2.11. The third-order valence-corrected chi connectivity index (χ3v) is 11.6. The number of ketones is 1. The van der Waals surface area contributed by atoms with E-state index in [1.54, 1.807) is 12.1 Å². The highest BCUT2D eigenvalue weighted by Crippen LogP contribution is 2.45. The molecule has 1 heterocycles. The molecule has 0 radical (unpaired) electrons. The van der Waals surface area contributed by atoms with Crippen molar-refractivity contribution in [1.82, 2.24) is 0 Å². The van der Waals surface area contributed by atoms with Crippen molar-refractivity contribution in [3.8, 4) is 27.6 Å². The quantitative estimate of drug-likeness (QED) is 0.105. The largest absolute Gasteiger partial charge is 0.477 e. The van der Waals surface area contributed by atoms with E-state index in [0.29, 0.717) is 16.0 Å². The van der Waals surface area contributed by atoms with Gasteiger partial charge in [0, 0.05) is 37.9 Å². The maximum absolute atomic E-state index is 14.3. The number of carboxylic acid groups (broad SMARTS) is 1. The van der Waals surface area contributed by atoms with Crippen molar-refractivity contribution in [3.05, 3.63) is 179 Å². The van der Waals surface area contributed by atoms with Crippen LogP contribution in [0.5, 0.6) is 0 Å². The first-order chi connectivity index (χ1) is 26.9. The summed E-state index contributed by atoms with van der Waals surface area (Å²) in [7, 11) is 0. The van der Waals surface area contributed by atoms with E-state index in [2.05, 4.69) is 120 Å². The van der Waals surface area contributed by atoms with Gasteiger partial charge in [0.2, 0.25) is 0 Å². The first-order valence-electron chi connectivity index (χ1n) is 17.8. The zero-order valence-electron chi connectivity index (χ0n) is 29.2. The average Bonchev–Trinajstić information content (AvgIpc) is 3.80. The number of carbonyl (C=O) groups excluding carboxylic acids is 1. The Labute approximate surface area is 319 Å². The van der Waals surface area contributed by atoms with Gasteiger partial charge in [0.05, 0.1) is 0 Å². The summed E-state index contributed by atoms with van der Waals surface area (Å²) in [6.07, 6.45) is 1.37. The van der Waals surface area contributed by atoms with Gasteiger partial charge in [0.15, 0.2) is 5.78 Å². The number of anilines is 3. The number of hydrogen-bond donors (Lipinski definition) is 1. The second kappa shape index (κ2) is 12.7. The summed E-state index contributed by atoms with van der Waals surface area (Å²) < 4.78 is 0. The molecule has 1 aliphatic carbocycles. The molecule has 10 rings (SSSR count). The van der Waals surface area contributed by atoms with Crippen LogP contribution in [0.2, 0.25) is 0 Å². The van der Waals surface area contributed by atoms with Gasteiger partial charge < -0.3 is 10.0 Å². The van der Waals surface area contributed by atoms with Crippen molar-refractivity contribution < 1.29 is 14.7 Å². The van der Waals surface area contributed by atoms with Crippen LogP contribution in [0.3, 0.4) is 0 Å². The molecule has 0 unspecified atom stereocenters. The zero-order chi connectivity index (χ0) is 37.2. The second-order valence-corrected chi connectivity index (χ2v) is 14.9. The Hall–Kier alpha value is -7.33. The van der Waals surface area contributed by atoms with E-state index < -0.39 is 5.97 Å². The summed E-state index contributed by atoms with van der Waals surface area (Å²) in [5, 5.41) is 27.8. The predicted molar refractivity (Wildman–Crippen MR) is 225 cm³/mol. The van der Waals surface area contributed by atoms with Crippen LogP contribution < -0.4 is 4.90 Å². The minimum Gasteiger partial charge on any atom is -0.477 e. The number of thiophene rings is 1. The molecule has 1 N–H and O–H groups in total. The van der Waals surface area contributed by atoms with E-state index >= 15 is 0 Å². The van der Waals surface area contributed by atoms with Gasteiger partial charge in [0.1, 0.15) is 11.6 Å². The van der Waals surface area contributed by atoms with Gasteiger partial charge in [-0.15, -0.1) is 11.3 Å². The number of benzene rings is 8. The SMILES string of the molecule is N#C/C(=C\c1ccc(-c2ccc3c(c2)C(=O)c2cc(N(c4ccc5cc6ccccc6cc5c4)c4ccc5cc6ccccc6cc5c4)ccc2-3)s1)C(=O)O. The van der Waals surface area contributed by atoms with Crippen molar-refractivity contribution in [1.29, 1.82) is 5.26 Å². The Bertz CT molecular complexity index is 3070. The van der Waals surface area contributed by atoms with Crippen LogP contribution >= 0.6 is 11.3 Å². The maximum Gasteiger partial charge on any atom is 0.346 e. The third-order valence-electron chi connectivity index (χ3n) is 10.5. The molecule has 0 atom stereocenters. The van der Waals surface area contributed by atoms with Gasteiger partial charge in [-0.25, -0.2) is 4.79 Å². The van der Waals surface area contributed by atoms with Crippen LogP contribution in [0.25, 0.3) is 70.7 Å². The van der Waals surface area contributed by atoms with Crippen LogP contribution in [0.4, 0.5) is 17.1 Å². The smallest absolute Gasteiger partial charge is 0.346 e. The molecule has 5 nitrogen and oxygen atoms in total. The van der Waals surface area contributed by atoms with E-state index in [1.807, 2.05) is 36.4 Å². The molecule has 55 heavy (non-hydrogen) atoms. The highest BCUT2D eigenvalue weighted by Gasteiger charge is 2.29. The van der Waals surface area contributed by atoms with Crippen LogP contribution in [0.1, 0.15) is 20.8 Å². The van der Waals surface area contributed by atoms with Gasteiger partial charge in [-0.3, -0.25) is 4.79 Å². The Morgan fingerprint density at radius 2 is 1.04 bits per heavy atom. The van der Waals surface area contributed by atoms with Gasteiger partial charge in [-0.05, 0) is 145 Å². The lowest BCUT2D eigenvalue weighted by atomic mass is 10.0. The minimum absolute atomic E-state index is 0.0436. The Balaban J connectivity index is 1.08. The number of carboxylic acids is 1. The molecule has 0 saturated heterocycles. The zero-order valence-corrected chi connectivity index (χ0v) is 30.0. The third kappa shape index (κ3) is 5.54. The van der Waals surface area contributed by atoms with Crippen molar-refractivity contribution in [2.45, 2.75) is 0 Å². The minimum atomic E-state index is -1.26. The Morgan fingerprint density at radius 1 is 0.545 bits per heavy atom. The fraction of sp³-hybridized carbons (Fsp3) is 0. The molecule has 1 aromatic heterocycles. The van der Waals surface area contributed by atoms with Gasteiger partial charge in [-0.1, -0.05) is 78.9 Å². The summed E-state index contributed by atoms with van der Waals surface area (Å²) in [4.78, 5) is 29.4. The van der Waals surface area contributed by atoms with Crippen LogP contribution in [-0.2, 0) is 4.79 Å². The second-order valence-electron chi connectivity index (χ2n) is 13.8. The first kappa shape index (κ1) is 32.3. The van der Waals surface area contributed by atoms with Gasteiger partial charge >= 0.3 is 5.97 Å².